The molecular formula is C22H21ClN8O4. The van der Waals surface area contributed by atoms with Gasteiger partial charge in [-0.15, -0.1) is 0 Å². The van der Waals surface area contributed by atoms with Gasteiger partial charge in [0.2, 0.25) is 0 Å². The van der Waals surface area contributed by atoms with Crippen molar-refractivity contribution in [2.24, 2.45) is 5.92 Å². The van der Waals surface area contributed by atoms with Crippen LogP contribution in [0, 0.1) is 12.8 Å². The number of aliphatic carboxylic acids is 1. The van der Waals surface area contributed by atoms with Crippen LogP contribution >= 0.6 is 11.6 Å². The second kappa shape index (κ2) is 8.62. The molecule has 13 heteroatoms. The number of nitrogen functional groups attached to an aromatic ring is 1. The van der Waals surface area contributed by atoms with E-state index in [0.717, 1.165) is 0 Å². The number of nitrogens with two attached hydrogens (primary N) is 1. The smallest absolute Gasteiger partial charge is 0.306 e. The molecule has 1 aliphatic rings. The van der Waals surface area contributed by atoms with Gasteiger partial charge in [0.25, 0.3) is 11.4 Å². The number of carboxylic acids is 1. The Labute approximate surface area is 203 Å². The number of aromatic nitrogens is 6. The van der Waals surface area contributed by atoms with E-state index in [2.05, 4.69) is 25.4 Å². The van der Waals surface area contributed by atoms with Crippen LogP contribution in [0.4, 0.5) is 11.6 Å². The first-order chi connectivity index (χ1) is 16.7. The third-order valence-corrected chi connectivity index (χ3v) is 6.41. The van der Waals surface area contributed by atoms with Gasteiger partial charge in [-0.25, -0.2) is 15.0 Å². The Morgan fingerprint density at radius 1 is 1.31 bits per heavy atom. The predicted octanol–water partition coefficient (Wildman–Crippen LogP) is 2.99. The molecule has 0 radical (unpaired) electrons. The molecule has 3 heterocycles. The number of carbonyl (C=O) groups is 1. The number of rotatable bonds is 6. The zero-order valence-electron chi connectivity index (χ0n) is 18.8. The van der Waals surface area contributed by atoms with E-state index in [4.69, 9.17) is 26.8 Å². The fourth-order valence-electron chi connectivity index (χ4n) is 4.27. The van der Waals surface area contributed by atoms with Gasteiger partial charge in [0.15, 0.2) is 5.82 Å². The zero-order valence-corrected chi connectivity index (χ0v) is 19.5. The van der Waals surface area contributed by atoms with Crippen molar-refractivity contribution >= 4 is 40.1 Å². The number of nitrogens with zero attached hydrogens (tertiary/aromatic N) is 6. The summed E-state index contributed by atoms with van der Waals surface area (Å²) in [5.41, 5.74) is 6.52. The minimum Gasteiger partial charge on any atom is -0.481 e. The summed E-state index contributed by atoms with van der Waals surface area (Å²) >= 11 is 6.33. The third-order valence-electron chi connectivity index (χ3n) is 6.09. The summed E-state index contributed by atoms with van der Waals surface area (Å²) in [5.74, 6) is 0.0264. The summed E-state index contributed by atoms with van der Waals surface area (Å²) < 4.78 is 6.80. The molecule has 12 nitrogen and oxygen atoms in total. The van der Waals surface area contributed by atoms with Gasteiger partial charge in [0.1, 0.15) is 29.4 Å². The average Bonchev–Trinajstić information content (AvgIpc) is 3.19. The quantitative estimate of drug-likeness (QED) is 0.357. The lowest BCUT2D eigenvalue weighted by atomic mass is 9.80. The minimum absolute atomic E-state index is 0.136. The van der Waals surface area contributed by atoms with E-state index in [9.17, 15) is 14.7 Å². The van der Waals surface area contributed by atoms with E-state index in [0.29, 0.717) is 41.4 Å². The monoisotopic (exact) mass is 496 g/mol. The number of anilines is 2. The lowest BCUT2D eigenvalue weighted by molar-refractivity contribution is -0.146. The van der Waals surface area contributed by atoms with Gasteiger partial charge in [0.05, 0.1) is 27.9 Å². The van der Waals surface area contributed by atoms with Crippen molar-refractivity contribution in [2.45, 2.75) is 38.8 Å². The third kappa shape index (κ3) is 3.95. The topological polar surface area (TPSA) is 175 Å². The van der Waals surface area contributed by atoms with E-state index in [1.807, 2.05) is 6.92 Å². The van der Waals surface area contributed by atoms with Gasteiger partial charge in [-0.05, 0) is 38.8 Å². The van der Waals surface area contributed by atoms with Gasteiger partial charge in [-0.1, -0.05) is 22.8 Å². The van der Waals surface area contributed by atoms with Crippen LogP contribution < -0.4 is 16.6 Å². The van der Waals surface area contributed by atoms with Crippen molar-refractivity contribution in [3.05, 3.63) is 51.6 Å². The van der Waals surface area contributed by atoms with Crippen LogP contribution in [0.1, 0.15) is 43.5 Å². The number of fused-ring (bicyclic) bond motifs is 1. The highest BCUT2D eigenvalue weighted by molar-refractivity contribution is 6.35. The Bertz CT molecular complexity index is 1510. The van der Waals surface area contributed by atoms with Crippen LogP contribution in [-0.2, 0) is 4.79 Å². The van der Waals surface area contributed by atoms with Gasteiger partial charge in [-0.3, -0.25) is 14.2 Å². The molecule has 4 aromatic rings. The first-order valence-electron chi connectivity index (χ1n) is 10.9. The molecule has 0 aliphatic heterocycles. The van der Waals surface area contributed by atoms with E-state index in [1.54, 1.807) is 25.1 Å². The van der Waals surface area contributed by atoms with Gasteiger partial charge in [0, 0.05) is 6.04 Å². The van der Waals surface area contributed by atoms with Crippen molar-refractivity contribution in [1.29, 1.82) is 0 Å². The van der Waals surface area contributed by atoms with Crippen molar-refractivity contribution in [3.8, 4) is 11.5 Å². The van der Waals surface area contributed by atoms with Crippen molar-refractivity contribution < 1.29 is 14.4 Å². The number of carboxylic acid groups (broad SMARTS) is 1. The molecule has 1 saturated carbocycles. The Hall–Kier alpha value is -4.06. The van der Waals surface area contributed by atoms with Crippen LogP contribution in [0.5, 0.6) is 0 Å². The van der Waals surface area contributed by atoms with E-state index < -0.39 is 17.9 Å². The van der Waals surface area contributed by atoms with Gasteiger partial charge < -0.3 is 20.7 Å². The maximum atomic E-state index is 13.6. The molecule has 180 valence electrons. The summed E-state index contributed by atoms with van der Waals surface area (Å²) in [6, 6.07) is 4.17. The molecule has 35 heavy (non-hydrogen) atoms. The Morgan fingerprint density at radius 3 is 2.77 bits per heavy atom. The SMILES string of the molecule is Cc1noc(-c2c(N)ncnc2N[C@@H](C)c2nc3cccc(Cl)c3c(=O)n2C2CC(C(=O)O)C2)n1. The molecule has 0 spiro atoms. The second-order valence-corrected chi connectivity index (χ2v) is 8.84. The standard InChI is InChI=1S/C22H21ClN8O4/c1-9(27-18-16(17(24)25-8-26-18)20-28-10(2)30-35-20)19-29-14-5-3-4-13(23)15(14)21(32)31(19)12-6-11(7-12)22(33)34/h3-5,8-9,11-12H,6-7H2,1-2H3,(H,33,34)(H3,24,25,26,27)/t9-,11?,12?/m0/s1. The number of halogens is 1. The highest BCUT2D eigenvalue weighted by Gasteiger charge is 2.38. The molecule has 3 aromatic heterocycles. The van der Waals surface area contributed by atoms with E-state index >= 15 is 0 Å². The molecule has 0 amide bonds. The summed E-state index contributed by atoms with van der Waals surface area (Å²) in [6.07, 6.45) is 1.93. The molecule has 0 unspecified atom stereocenters. The Morgan fingerprint density at radius 2 is 2.09 bits per heavy atom. The van der Waals surface area contributed by atoms with E-state index in [1.165, 1.54) is 10.9 Å². The number of hydrogen-bond acceptors (Lipinski definition) is 10. The highest BCUT2D eigenvalue weighted by atomic mass is 35.5. The maximum Gasteiger partial charge on any atom is 0.306 e. The molecule has 0 saturated heterocycles. The molecular weight excluding hydrogens is 476 g/mol. The molecule has 1 fully saturated rings. The predicted molar refractivity (Wildman–Crippen MR) is 127 cm³/mol. The molecule has 0 bridgehead atoms. The summed E-state index contributed by atoms with van der Waals surface area (Å²) in [6.45, 7) is 3.48. The van der Waals surface area contributed by atoms with Gasteiger partial charge >= 0.3 is 5.97 Å². The fraction of sp³-hybridized carbons (Fsp3) is 0.318. The van der Waals surface area contributed by atoms with Crippen molar-refractivity contribution in [3.63, 3.8) is 0 Å². The molecule has 1 atom stereocenters. The largest absolute Gasteiger partial charge is 0.481 e. The highest BCUT2D eigenvalue weighted by Crippen LogP contribution is 2.39. The first-order valence-corrected chi connectivity index (χ1v) is 11.2. The van der Waals surface area contributed by atoms with Crippen LogP contribution in [0.15, 0.2) is 33.8 Å². The number of nitrogens with one attached hydrogen (secondary N) is 1. The number of benzene rings is 1. The van der Waals surface area contributed by atoms with Gasteiger partial charge in [-0.2, -0.15) is 4.98 Å². The number of hydrogen-bond donors (Lipinski definition) is 3. The van der Waals surface area contributed by atoms with Crippen molar-refractivity contribution in [2.75, 3.05) is 11.1 Å². The normalized spacial score (nSPS) is 18.3. The molecule has 1 aromatic carbocycles. The Kier molecular flexibility index (Phi) is 5.59. The summed E-state index contributed by atoms with van der Waals surface area (Å²) in [7, 11) is 0. The lowest BCUT2D eigenvalue weighted by Crippen LogP contribution is -2.40. The van der Waals surface area contributed by atoms with Crippen LogP contribution in [0.2, 0.25) is 5.02 Å². The minimum atomic E-state index is -0.884. The first kappa shape index (κ1) is 22.7. The van der Waals surface area contributed by atoms with Crippen LogP contribution in [0.25, 0.3) is 22.4 Å². The van der Waals surface area contributed by atoms with Crippen LogP contribution in [-0.4, -0.2) is 40.7 Å². The molecule has 5 rings (SSSR count). The summed E-state index contributed by atoms with van der Waals surface area (Å²) in [5, 5.41) is 16.9. The second-order valence-electron chi connectivity index (χ2n) is 8.43. The maximum absolute atomic E-state index is 13.6. The Balaban J connectivity index is 1.60. The van der Waals surface area contributed by atoms with Crippen molar-refractivity contribution in [1.82, 2.24) is 29.7 Å². The summed E-state index contributed by atoms with van der Waals surface area (Å²) in [4.78, 5) is 42.2. The fourth-order valence-corrected chi connectivity index (χ4v) is 4.52. The lowest BCUT2D eigenvalue weighted by Gasteiger charge is -2.36. The van der Waals surface area contributed by atoms with E-state index in [-0.39, 0.29) is 33.7 Å². The van der Waals surface area contributed by atoms with Crippen LogP contribution in [0.3, 0.4) is 0 Å². The number of aryl methyl sites for hydroxylation is 1. The molecule has 1 aliphatic carbocycles. The molecule has 4 N–H and O–H groups in total. The average molecular weight is 497 g/mol. The zero-order chi connectivity index (χ0) is 24.9.